The Morgan fingerprint density at radius 3 is 2.76 bits per heavy atom. The zero-order valence-electron chi connectivity index (χ0n) is 14.7. The van der Waals surface area contributed by atoms with E-state index in [0.29, 0.717) is 13.0 Å². The first kappa shape index (κ1) is 17.6. The minimum Gasteiger partial charge on any atom is -0.373 e. The van der Waals surface area contributed by atoms with Crippen molar-refractivity contribution in [2.75, 3.05) is 11.9 Å². The highest BCUT2D eigenvalue weighted by molar-refractivity contribution is 7.16. The Labute approximate surface area is 151 Å². The summed E-state index contributed by atoms with van der Waals surface area (Å²) >= 11 is 1.71. The van der Waals surface area contributed by atoms with Crippen molar-refractivity contribution < 1.29 is 4.39 Å². The molecule has 2 heterocycles. The molecule has 2 aromatic heterocycles. The van der Waals surface area contributed by atoms with Gasteiger partial charge in [0.25, 0.3) is 0 Å². The maximum absolute atomic E-state index is 13.4. The molecule has 0 aliphatic rings. The summed E-state index contributed by atoms with van der Waals surface area (Å²) in [6, 6.07) is 8.89. The Balaban J connectivity index is 1.79. The van der Waals surface area contributed by atoms with Crippen LogP contribution in [0.2, 0.25) is 0 Å². The molecule has 4 nitrogen and oxygen atoms in total. The van der Waals surface area contributed by atoms with Gasteiger partial charge in [0.1, 0.15) is 5.82 Å². The second kappa shape index (κ2) is 7.37. The van der Waals surface area contributed by atoms with E-state index in [2.05, 4.69) is 30.3 Å². The summed E-state index contributed by atoms with van der Waals surface area (Å²) in [4.78, 5) is 1.23. The quantitative estimate of drug-likeness (QED) is 0.703. The number of nitrogens with two attached hydrogens (primary N) is 1. The van der Waals surface area contributed by atoms with Crippen LogP contribution in [0.5, 0.6) is 0 Å². The molecule has 25 heavy (non-hydrogen) atoms. The molecule has 0 aliphatic carbocycles. The van der Waals surface area contributed by atoms with Gasteiger partial charge in [0.15, 0.2) is 0 Å². The summed E-state index contributed by atoms with van der Waals surface area (Å²) < 4.78 is 15.3. The van der Waals surface area contributed by atoms with Gasteiger partial charge in [-0.05, 0) is 49.6 Å². The smallest absolute Gasteiger partial charge is 0.123 e. The zero-order valence-corrected chi connectivity index (χ0v) is 15.5. The molecule has 0 saturated heterocycles. The highest BCUT2D eigenvalue weighted by atomic mass is 32.1. The van der Waals surface area contributed by atoms with Gasteiger partial charge in [-0.2, -0.15) is 5.10 Å². The van der Waals surface area contributed by atoms with Crippen molar-refractivity contribution >= 4 is 16.3 Å². The Hall–Kier alpha value is -2.18. The molecule has 0 bridgehead atoms. The van der Waals surface area contributed by atoms with E-state index in [-0.39, 0.29) is 11.9 Å². The lowest BCUT2D eigenvalue weighted by molar-refractivity contribution is 0.622. The van der Waals surface area contributed by atoms with Crippen LogP contribution in [-0.2, 0) is 13.5 Å². The second-order valence-electron chi connectivity index (χ2n) is 6.29. The Kier molecular flexibility index (Phi) is 5.20. The van der Waals surface area contributed by atoms with E-state index in [1.54, 1.807) is 23.5 Å². The van der Waals surface area contributed by atoms with E-state index in [0.717, 1.165) is 21.8 Å². The normalized spacial score (nSPS) is 12.4. The summed E-state index contributed by atoms with van der Waals surface area (Å²) in [6.07, 6.45) is 2.57. The van der Waals surface area contributed by atoms with Gasteiger partial charge >= 0.3 is 0 Å². The average Bonchev–Trinajstić information content (AvgIpc) is 3.08. The van der Waals surface area contributed by atoms with Gasteiger partial charge in [-0.25, -0.2) is 4.39 Å². The number of thiophene rings is 1. The summed E-state index contributed by atoms with van der Waals surface area (Å²) in [5, 5.41) is 8.90. The van der Waals surface area contributed by atoms with E-state index in [1.165, 1.54) is 16.5 Å². The van der Waals surface area contributed by atoms with Crippen LogP contribution >= 0.6 is 11.3 Å². The van der Waals surface area contributed by atoms with Crippen molar-refractivity contribution in [2.45, 2.75) is 26.3 Å². The summed E-state index contributed by atoms with van der Waals surface area (Å²) in [7, 11) is 1.96. The average molecular weight is 358 g/mol. The van der Waals surface area contributed by atoms with Gasteiger partial charge in [-0.15, -0.1) is 11.3 Å². The van der Waals surface area contributed by atoms with Crippen molar-refractivity contribution in [1.29, 1.82) is 0 Å². The Bertz CT molecular complexity index is 849. The molecule has 0 saturated carbocycles. The minimum absolute atomic E-state index is 0.0559. The number of benzene rings is 1. The molecule has 3 N–H and O–H groups in total. The molecule has 0 amide bonds. The standard InChI is InChI=1S/C19H23FN4S/c1-12-11-22-24(3)19(12)17-9-18(25-13(17)2)23-16(10-21)8-14-5-4-6-15(20)7-14/h4-7,9,11,16,23H,8,10,21H2,1-3H3/t16-/m0/s1. The van der Waals surface area contributed by atoms with Crippen LogP contribution in [0.15, 0.2) is 36.5 Å². The molecule has 6 heteroatoms. The number of nitrogens with zero attached hydrogens (tertiary/aromatic N) is 2. The van der Waals surface area contributed by atoms with Crippen LogP contribution < -0.4 is 11.1 Å². The van der Waals surface area contributed by atoms with Crippen LogP contribution in [0.3, 0.4) is 0 Å². The lowest BCUT2D eigenvalue weighted by Crippen LogP contribution is -2.30. The molecule has 0 unspecified atom stereocenters. The topological polar surface area (TPSA) is 55.9 Å². The number of anilines is 1. The fourth-order valence-electron chi connectivity index (χ4n) is 3.07. The molecule has 132 valence electrons. The Morgan fingerprint density at radius 1 is 1.32 bits per heavy atom. The second-order valence-corrected chi connectivity index (χ2v) is 7.55. The maximum Gasteiger partial charge on any atom is 0.123 e. The predicted molar refractivity (Wildman–Crippen MR) is 103 cm³/mol. The van der Waals surface area contributed by atoms with Crippen molar-refractivity contribution in [3.63, 3.8) is 0 Å². The lowest BCUT2D eigenvalue weighted by Gasteiger charge is -2.17. The van der Waals surface area contributed by atoms with Gasteiger partial charge < -0.3 is 11.1 Å². The summed E-state index contributed by atoms with van der Waals surface area (Å²) in [6.45, 7) is 4.66. The van der Waals surface area contributed by atoms with Crippen molar-refractivity contribution in [3.05, 3.63) is 58.3 Å². The molecule has 0 spiro atoms. The fourth-order valence-corrected chi connectivity index (χ4v) is 4.06. The number of aryl methyl sites for hydroxylation is 3. The zero-order chi connectivity index (χ0) is 18.0. The first-order chi connectivity index (χ1) is 12.0. The molecule has 0 aliphatic heterocycles. The third-order valence-electron chi connectivity index (χ3n) is 4.30. The fraction of sp³-hybridized carbons (Fsp3) is 0.316. The third-order valence-corrected chi connectivity index (χ3v) is 5.28. The van der Waals surface area contributed by atoms with E-state index in [9.17, 15) is 4.39 Å². The number of halogens is 1. The van der Waals surface area contributed by atoms with E-state index in [4.69, 9.17) is 5.73 Å². The van der Waals surface area contributed by atoms with E-state index < -0.39 is 0 Å². The monoisotopic (exact) mass is 358 g/mol. The maximum atomic E-state index is 13.4. The lowest BCUT2D eigenvalue weighted by atomic mass is 10.1. The van der Waals surface area contributed by atoms with E-state index in [1.807, 2.05) is 24.0 Å². The van der Waals surface area contributed by atoms with Gasteiger partial charge in [-0.3, -0.25) is 4.68 Å². The number of nitrogens with one attached hydrogen (secondary N) is 1. The SMILES string of the molecule is Cc1cnn(C)c1-c1cc(N[C@H](CN)Cc2cccc(F)c2)sc1C. The highest BCUT2D eigenvalue weighted by Crippen LogP contribution is 2.35. The molecular weight excluding hydrogens is 335 g/mol. The highest BCUT2D eigenvalue weighted by Gasteiger charge is 2.16. The molecule has 3 rings (SSSR count). The van der Waals surface area contributed by atoms with Crippen molar-refractivity contribution in [1.82, 2.24) is 9.78 Å². The predicted octanol–water partition coefficient (Wildman–Crippen LogP) is 3.89. The van der Waals surface area contributed by atoms with Crippen LogP contribution in [0.25, 0.3) is 11.3 Å². The van der Waals surface area contributed by atoms with Gasteiger partial charge in [0.05, 0.1) is 16.9 Å². The molecule has 3 aromatic rings. The molecule has 1 aromatic carbocycles. The molecular formula is C19H23FN4S. The largest absolute Gasteiger partial charge is 0.373 e. The van der Waals surface area contributed by atoms with Crippen LogP contribution in [0.4, 0.5) is 9.39 Å². The first-order valence-electron chi connectivity index (χ1n) is 8.28. The van der Waals surface area contributed by atoms with Gasteiger partial charge in [0, 0.05) is 30.1 Å². The summed E-state index contributed by atoms with van der Waals surface area (Å²) in [5.41, 5.74) is 10.4. The number of rotatable bonds is 6. The van der Waals surface area contributed by atoms with E-state index >= 15 is 0 Å². The molecule has 0 fully saturated rings. The summed E-state index contributed by atoms with van der Waals surface area (Å²) in [5.74, 6) is -0.214. The molecule has 0 radical (unpaired) electrons. The number of hydrogen-bond acceptors (Lipinski definition) is 4. The molecule has 1 atom stereocenters. The van der Waals surface area contributed by atoms with Crippen LogP contribution in [0.1, 0.15) is 16.0 Å². The van der Waals surface area contributed by atoms with Crippen LogP contribution in [0, 0.1) is 19.7 Å². The number of hydrogen-bond donors (Lipinski definition) is 2. The van der Waals surface area contributed by atoms with Crippen molar-refractivity contribution in [3.8, 4) is 11.3 Å². The van der Waals surface area contributed by atoms with Crippen molar-refractivity contribution in [2.24, 2.45) is 12.8 Å². The Morgan fingerprint density at radius 2 is 2.12 bits per heavy atom. The van der Waals surface area contributed by atoms with Crippen LogP contribution in [-0.4, -0.2) is 22.4 Å². The first-order valence-corrected chi connectivity index (χ1v) is 9.10. The minimum atomic E-state index is -0.214. The number of aromatic nitrogens is 2. The third kappa shape index (κ3) is 3.91. The van der Waals surface area contributed by atoms with Gasteiger partial charge in [0.2, 0.25) is 0 Å². The van der Waals surface area contributed by atoms with Gasteiger partial charge in [-0.1, -0.05) is 12.1 Å².